The van der Waals surface area contributed by atoms with Crippen LogP contribution in [0.25, 0.3) is 0 Å². The Hall–Kier alpha value is -1.35. The molecule has 1 aromatic rings. The summed E-state index contributed by atoms with van der Waals surface area (Å²) in [6.45, 7) is 0.591. The lowest BCUT2D eigenvalue weighted by molar-refractivity contribution is -0.142. The Morgan fingerprint density at radius 2 is 2.14 bits per heavy atom. The second kappa shape index (κ2) is 2.82. The van der Waals surface area contributed by atoms with Gasteiger partial charge in [-0.05, 0) is 5.56 Å². The number of carbonyl (C=O) groups is 1. The summed E-state index contributed by atoms with van der Waals surface area (Å²) in [7, 11) is 0. The minimum absolute atomic E-state index is 0.0719. The van der Waals surface area contributed by atoms with Crippen LogP contribution in [0.3, 0.4) is 0 Å². The summed E-state index contributed by atoms with van der Waals surface area (Å²) in [5.41, 5.74) is 2.23. The standard InChI is InChI=1S/C11H10O3/c12-10-5-9-11(14-10)8-4-2-1-3-7(8)6-13-9/h1-4,9,11H,5-6H2/t9-,11-/m1/s1. The first-order valence-electron chi connectivity index (χ1n) is 4.73. The van der Waals surface area contributed by atoms with E-state index < -0.39 is 0 Å². The topological polar surface area (TPSA) is 35.5 Å². The fraction of sp³-hybridized carbons (Fsp3) is 0.364. The summed E-state index contributed by atoms with van der Waals surface area (Å²) < 4.78 is 10.8. The zero-order chi connectivity index (χ0) is 9.54. The van der Waals surface area contributed by atoms with Gasteiger partial charge in [-0.25, -0.2) is 0 Å². The van der Waals surface area contributed by atoms with Gasteiger partial charge in [0.15, 0.2) is 6.10 Å². The van der Waals surface area contributed by atoms with Crippen molar-refractivity contribution in [2.45, 2.75) is 25.2 Å². The van der Waals surface area contributed by atoms with Crippen LogP contribution in [-0.4, -0.2) is 12.1 Å². The molecule has 2 atom stereocenters. The number of hydrogen-bond acceptors (Lipinski definition) is 3. The molecule has 0 radical (unpaired) electrons. The number of benzene rings is 1. The van der Waals surface area contributed by atoms with E-state index in [2.05, 4.69) is 0 Å². The maximum absolute atomic E-state index is 11.1. The van der Waals surface area contributed by atoms with Crippen molar-refractivity contribution >= 4 is 5.97 Å². The Morgan fingerprint density at radius 1 is 1.29 bits per heavy atom. The predicted octanol–water partition coefficient (Wildman–Crippen LogP) is 1.57. The van der Waals surface area contributed by atoms with Gasteiger partial charge in [-0.1, -0.05) is 24.3 Å². The van der Waals surface area contributed by atoms with E-state index in [1.807, 2.05) is 24.3 Å². The molecule has 3 rings (SSSR count). The number of hydrogen-bond donors (Lipinski definition) is 0. The van der Waals surface area contributed by atoms with Gasteiger partial charge in [0.25, 0.3) is 0 Å². The molecule has 1 saturated heterocycles. The molecule has 0 N–H and O–H groups in total. The number of esters is 1. The van der Waals surface area contributed by atoms with Gasteiger partial charge in [0.2, 0.25) is 0 Å². The molecule has 3 heteroatoms. The van der Waals surface area contributed by atoms with E-state index >= 15 is 0 Å². The molecule has 14 heavy (non-hydrogen) atoms. The number of carbonyl (C=O) groups excluding carboxylic acids is 1. The molecule has 72 valence electrons. The van der Waals surface area contributed by atoms with Crippen LogP contribution in [0.1, 0.15) is 23.7 Å². The fourth-order valence-corrected chi connectivity index (χ4v) is 2.09. The van der Waals surface area contributed by atoms with Crippen molar-refractivity contribution in [3.05, 3.63) is 35.4 Å². The van der Waals surface area contributed by atoms with Crippen LogP contribution in [0.2, 0.25) is 0 Å². The third-order valence-electron chi connectivity index (χ3n) is 2.78. The van der Waals surface area contributed by atoms with Gasteiger partial charge in [-0.2, -0.15) is 0 Å². The molecule has 0 saturated carbocycles. The van der Waals surface area contributed by atoms with Crippen molar-refractivity contribution in [2.75, 3.05) is 0 Å². The summed E-state index contributed by atoms with van der Waals surface area (Å²) in [5, 5.41) is 0. The molecule has 0 bridgehead atoms. The Morgan fingerprint density at radius 3 is 3.07 bits per heavy atom. The highest BCUT2D eigenvalue weighted by Gasteiger charge is 2.40. The number of fused-ring (bicyclic) bond motifs is 3. The normalized spacial score (nSPS) is 29.3. The molecule has 2 aliphatic rings. The smallest absolute Gasteiger partial charge is 0.309 e. The van der Waals surface area contributed by atoms with Crippen molar-refractivity contribution in [3.8, 4) is 0 Å². The number of rotatable bonds is 0. The lowest BCUT2D eigenvalue weighted by Gasteiger charge is -2.26. The molecular weight excluding hydrogens is 180 g/mol. The quantitative estimate of drug-likeness (QED) is 0.582. The van der Waals surface area contributed by atoms with E-state index in [1.165, 1.54) is 0 Å². The van der Waals surface area contributed by atoms with Crippen molar-refractivity contribution in [2.24, 2.45) is 0 Å². The highest BCUT2D eigenvalue weighted by Crippen LogP contribution is 2.38. The first-order valence-corrected chi connectivity index (χ1v) is 4.73. The van der Waals surface area contributed by atoms with E-state index in [4.69, 9.17) is 9.47 Å². The van der Waals surface area contributed by atoms with Crippen LogP contribution in [0.5, 0.6) is 0 Å². The average Bonchev–Trinajstić information content (AvgIpc) is 2.59. The van der Waals surface area contributed by atoms with Crippen LogP contribution >= 0.6 is 0 Å². The van der Waals surface area contributed by atoms with Crippen LogP contribution in [-0.2, 0) is 20.9 Å². The minimum atomic E-state index is -0.174. The summed E-state index contributed by atoms with van der Waals surface area (Å²) in [6, 6.07) is 7.96. The molecule has 2 aliphatic heterocycles. The zero-order valence-electron chi connectivity index (χ0n) is 7.60. The summed E-state index contributed by atoms with van der Waals surface area (Å²) >= 11 is 0. The van der Waals surface area contributed by atoms with Gasteiger partial charge in [-0.15, -0.1) is 0 Å². The third kappa shape index (κ3) is 1.06. The lowest BCUT2D eigenvalue weighted by atomic mass is 9.96. The Balaban J connectivity index is 2.05. The first kappa shape index (κ1) is 8.00. The van der Waals surface area contributed by atoms with Crippen molar-refractivity contribution in [3.63, 3.8) is 0 Å². The number of ether oxygens (including phenoxy) is 2. The molecule has 0 amide bonds. The molecule has 0 aromatic heterocycles. The molecule has 2 heterocycles. The van der Waals surface area contributed by atoms with E-state index in [1.54, 1.807) is 0 Å². The van der Waals surface area contributed by atoms with E-state index in [9.17, 15) is 4.79 Å². The van der Waals surface area contributed by atoms with E-state index in [0.717, 1.165) is 11.1 Å². The summed E-state index contributed by atoms with van der Waals surface area (Å²) in [5.74, 6) is -0.156. The molecule has 0 aliphatic carbocycles. The van der Waals surface area contributed by atoms with Gasteiger partial charge < -0.3 is 9.47 Å². The van der Waals surface area contributed by atoms with Gasteiger partial charge in [0.05, 0.1) is 13.0 Å². The monoisotopic (exact) mass is 190 g/mol. The van der Waals surface area contributed by atoms with Gasteiger partial charge >= 0.3 is 5.97 Å². The minimum Gasteiger partial charge on any atom is -0.455 e. The zero-order valence-corrected chi connectivity index (χ0v) is 7.60. The van der Waals surface area contributed by atoms with Crippen LogP contribution in [0.4, 0.5) is 0 Å². The van der Waals surface area contributed by atoms with Crippen molar-refractivity contribution in [1.29, 1.82) is 0 Å². The third-order valence-corrected chi connectivity index (χ3v) is 2.78. The van der Waals surface area contributed by atoms with Crippen molar-refractivity contribution < 1.29 is 14.3 Å². The Kier molecular flexibility index (Phi) is 1.61. The second-order valence-electron chi connectivity index (χ2n) is 3.66. The van der Waals surface area contributed by atoms with Crippen LogP contribution in [0, 0.1) is 0 Å². The first-order chi connectivity index (χ1) is 6.84. The molecular formula is C11H10O3. The highest BCUT2D eigenvalue weighted by molar-refractivity contribution is 5.73. The highest BCUT2D eigenvalue weighted by atomic mass is 16.6. The van der Waals surface area contributed by atoms with E-state index in [-0.39, 0.29) is 18.2 Å². The molecule has 0 spiro atoms. The fourth-order valence-electron chi connectivity index (χ4n) is 2.09. The Labute approximate surface area is 81.6 Å². The SMILES string of the molecule is O=C1C[C@H]2OCc3ccccc3[C@H]2O1. The Bertz CT molecular complexity index is 386. The second-order valence-corrected chi connectivity index (χ2v) is 3.66. The maximum Gasteiger partial charge on any atom is 0.309 e. The molecule has 1 fully saturated rings. The molecule has 0 unspecified atom stereocenters. The predicted molar refractivity (Wildman–Crippen MR) is 48.5 cm³/mol. The molecule has 3 nitrogen and oxygen atoms in total. The van der Waals surface area contributed by atoms with Gasteiger partial charge in [0.1, 0.15) is 6.10 Å². The van der Waals surface area contributed by atoms with Gasteiger partial charge in [0, 0.05) is 5.56 Å². The van der Waals surface area contributed by atoms with Crippen molar-refractivity contribution in [1.82, 2.24) is 0 Å². The average molecular weight is 190 g/mol. The van der Waals surface area contributed by atoms with Crippen LogP contribution < -0.4 is 0 Å². The van der Waals surface area contributed by atoms with E-state index in [0.29, 0.717) is 13.0 Å². The maximum atomic E-state index is 11.1. The largest absolute Gasteiger partial charge is 0.455 e. The van der Waals surface area contributed by atoms with Gasteiger partial charge in [-0.3, -0.25) is 4.79 Å². The van der Waals surface area contributed by atoms with Crippen LogP contribution in [0.15, 0.2) is 24.3 Å². The summed E-state index contributed by atoms with van der Waals surface area (Å²) in [6.07, 6.45) is 0.142. The lowest BCUT2D eigenvalue weighted by Crippen LogP contribution is -2.23. The molecule has 1 aromatic carbocycles. The summed E-state index contributed by atoms with van der Waals surface area (Å²) in [4.78, 5) is 11.1.